The minimum Gasteiger partial charge on any atom is -0.273 e. The predicted octanol–water partition coefficient (Wildman–Crippen LogP) is 2.96. The summed E-state index contributed by atoms with van der Waals surface area (Å²) in [6.07, 6.45) is 6.06. The summed E-state index contributed by atoms with van der Waals surface area (Å²) in [4.78, 5) is 11.9. The van der Waals surface area contributed by atoms with E-state index in [9.17, 15) is 4.79 Å². The number of fused-ring (bicyclic) bond motifs is 1. The molecule has 2 fully saturated rings. The second kappa shape index (κ2) is 5.19. The molecule has 2 rings (SSSR count). The van der Waals surface area contributed by atoms with Crippen LogP contribution in [0, 0.1) is 23.7 Å². The van der Waals surface area contributed by atoms with Crippen molar-refractivity contribution in [3.8, 4) is 0 Å². The molecule has 0 spiro atoms. The van der Waals surface area contributed by atoms with Crippen LogP contribution in [0.1, 0.15) is 52.9 Å². The molecule has 0 saturated heterocycles. The lowest BCUT2D eigenvalue weighted by molar-refractivity contribution is -0.122. The molecule has 0 aromatic heterocycles. The van der Waals surface area contributed by atoms with Crippen molar-refractivity contribution in [3.05, 3.63) is 0 Å². The maximum atomic E-state index is 11.9. The van der Waals surface area contributed by atoms with E-state index in [1.807, 2.05) is 6.92 Å². The normalized spacial score (nSPS) is 32.2. The van der Waals surface area contributed by atoms with Gasteiger partial charge in [-0.2, -0.15) is 5.10 Å². The van der Waals surface area contributed by atoms with Crippen molar-refractivity contribution in [1.29, 1.82) is 0 Å². The van der Waals surface area contributed by atoms with Crippen LogP contribution in [0.4, 0.5) is 0 Å². The minimum absolute atomic E-state index is 0.157. The summed E-state index contributed by atoms with van der Waals surface area (Å²) >= 11 is 0. The van der Waals surface area contributed by atoms with E-state index in [4.69, 9.17) is 0 Å². The highest BCUT2D eigenvalue weighted by molar-refractivity contribution is 5.86. The largest absolute Gasteiger partial charge is 0.273 e. The highest BCUT2D eigenvalue weighted by Gasteiger charge is 2.54. The molecule has 3 nitrogen and oxygen atoms in total. The van der Waals surface area contributed by atoms with Gasteiger partial charge in [-0.15, -0.1) is 0 Å². The molecule has 17 heavy (non-hydrogen) atoms. The van der Waals surface area contributed by atoms with Crippen LogP contribution in [0.25, 0.3) is 0 Å². The first-order valence-electron chi connectivity index (χ1n) is 6.92. The van der Waals surface area contributed by atoms with Gasteiger partial charge in [0, 0.05) is 11.6 Å². The van der Waals surface area contributed by atoms with Gasteiger partial charge in [0.05, 0.1) is 0 Å². The zero-order valence-corrected chi connectivity index (χ0v) is 11.2. The van der Waals surface area contributed by atoms with Crippen molar-refractivity contribution in [1.82, 2.24) is 5.43 Å². The van der Waals surface area contributed by atoms with Gasteiger partial charge in [-0.1, -0.05) is 26.7 Å². The lowest BCUT2D eigenvalue weighted by Crippen LogP contribution is -2.22. The average Bonchev–Trinajstić information content (AvgIpc) is 2.99. The van der Waals surface area contributed by atoms with Gasteiger partial charge in [0.15, 0.2) is 0 Å². The number of carbonyl (C=O) groups excluding carboxylic acids is 1. The molecule has 0 heterocycles. The third kappa shape index (κ3) is 3.08. The lowest BCUT2D eigenvalue weighted by Gasteiger charge is -2.04. The van der Waals surface area contributed by atoms with Gasteiger partial charge in [0.2, 0.25) is 5.91 Å². The first kappa shape index (κ1) is 12.6. The predicted molar refractivity (Wildman–Crippen MR) is 69.6 cm³/mol. The van der Waals surface area contributed by atoms with Crippen LogP contribution in [0.2, 0.25) is 0 Å². The molecule has 0 aromatic rings. The number of hydrogen-bond acceptors (Lipinski definition) is 2. The molecule has 0 aromatic carbocycles. The number of hydrogen-bond donors (Lipinski definition) is 1. The summed E-state index contributed by atoms with van der Waals surface area (Å²) in [6, 6.07) is 0. The molecule has 2 saturated carbocycles. The summed E-state index contributed by atoms with van der Waals surface area (Å²) < 4.78 is 0. The quantitative estimate of drug-likeness (QED) is 0.591. The SMILES string of the molecule is CC(CC(C)C)=NNC(=O)C1[C@@H]2CCCC[C@@H]12. The van der Waals surface area contributed by atoms with E-state index in [2.05, 4.69) is 24.4 Å². The van der Waals surface area contributed by atoms with E-state index in [0.717, 1.165) is 12.1 Å². The Morgan fingerprint density at radius 1 is 1.29 bits per heavy atom. The maximum Gasteiger partial charge on any atom is 0.243 e. The number of carbonyl (C=O) groups is 1. The Hall–Kier alpha value is -0.860. The third-order valence-corrected chi connectivity index (χ3v) is 4.02. The standard InChI is InChI=1S/C14H24N2O/c1-9(2)8-10(3)15-16-14(17)13-11-6-4-5-7-12(11)13/h9,11-13H,4-8H2,1-3H3,(H,16,17)/t11-,12-/m1/s1. The first-order chi connectivity index (χ1) is 8.09. The topological polar surface area (TPSA) is 41.5 Å². The van der Waals surface area contributed by atoms with Crippen molar-refractivity contribution < 1.29 is 4.79 Å². The van der Waals surface area contributed by atoms with E-state index < -0.39 is 0 Å². The Bertz CT molecular complexity index is 310. The van der Waals surface area contributed by atoms with Crippen molar-refractivity contribution in [2.45, 2.75) is 52.9 Å². The smallest absolute Gasteiger partial charge is 0.243 e. The minimum atomic E-state index is 0.157. The van der Waals surface area contributed by atoms with Crippen molar-refractivity contribution in [2.24, 2.45) is 28.8 Å². The molecule has 2 aliphatic carbocycles. The molecule has 0 unspecified atom stereocenters. The molecule has 0 aliphatic heterocycles. The van der Waals surface area contributed by atoms with E-state index in [1.54, 1.807) is 0 Å². The zero-order valence-electron chi connectivity index (χ0n) is 11.2. The number of hydrazone groups is 1. The van der Waals surface area contributed by atoms with Gasteiger partial charge in [-0.3, -0.25) is 4.79 Å². The Labute approximate surface area is 104 Å². The molecule has 0 bridgehead atoms. The second-order valence-corrected chi connectivity index (χ2v) is 6.06. The van der Waals surface area contributed by atoms with Crippen LogP contribution in [-0.2, 0) is 4.79 Å². The molecule has 1 amide bonds. The molecule has 2 atom stereocenters. The van der Waals surface area contributed by atoms with E-state index in [1.165, 1.54) is 25.7 Å². The Morgan fingerprint density at radius 2 is 1.88 bits per heavy atom. The van der Waals surface area contributed by atoms with Gasteiger partial charge in [-0.05, 0) is 43.9 Å². The third-order valence-electron chi connectivity index (χ3n) is 4.02. The molecule has 3 heteroatoms. The Morgan fingerprint density at radius 3 is 2.41 bits per heavy atom. The average molecular weight is 236 g/mol. The van der Waals surface area contributed by atoms with Gasteiger partial charge >= 0.3 is 0 Å². The van der Waals surface area contributed by atoms with Crippen molar-refractivity contribution in [2.75, 3.05) is 0 Å². The van der Waals surface area contributed by atoms with Gasteiger partial charge in [0.25, 0.3) is 0 Å². The van der Waals surface area contributed by atoms with E-state index in [0.29, 0.717) is 17.8 Å². The van der Waals surface area contributed by atoms with Crippen molar-refractivity contribution in [3.63, 3.8) is 0 Å². The van der Waals surface area contributed by atoms with Gasteiger partial charge < -0.3 is 0 Å². The fourth-order valence-corrected chi connectivity index (χ4v) is 3.24. The fourth-order valence-electron chi connectivity index (χ4n) is 3.24. The number of amides is 1. The van der Waals surface area contributed by atoms with Gasteiger partial charge in [-0.25, -0.2) is 5.43 Å². The lowest BCUT2D eigenvalue weighted by atomic mass is 10.0. The summed E-state index contributed by atoms with van der Waals surface area (Å²) in [5.41, 5.74) is 3.78. The summed E-state index contributed by atoms with van der Waals surface area (Å²) in [5, 5.41) is 4.20. The molecule has 2 aliphatic rings. The van der Waals surface area contributed by atoms with E-state index in [-0.39, 0.29) is 11.8 Å². The van der Waals surface area contributed by atoms with Crippen LogP contribution in [-0.4, -0.2) is 11.6 Å². The molecular weight excluding hydrogens is 212 g/mol. The Balaban J connectivity index is 1.78. The number of nitrogens with one attached hydrogen (secondary N) is 1. The van der Waals surface area contributed by atoms with E-state index >= 15 is 0 Å². The molecular formula is C14H24N2O. The van der Waals surface area contributed by atoms with Crippen LogP contribution in [0.3, 0.4) is 0 Å². The summed E-state index contributed by atoms with van der Waals surface area (Å²) in [7, 11) is 0. The first-order valence-corrected chi connectivity index (χ1v) is 6.92. The van der Waals surface area contributed by atoms with Crippen LogP contribution in [0.15, 0.2) is 5.10 Å². The summed E-state index contributed by atoms with van der Waals surface area (Å²) in [6.45, 7) is 6.31. The van der Waals surface area contributed by atoms with Gasteiger partial charge in [0.1, 0.15) is 0 Å². The molecule has 96 valence electrons. The van der Waals surface area contributed by atoms with Crippen molar-refractivity contribution >= 4 is 11.6 Å². The second-order valence-electron chi connectivity index (χ2n) is 6.06. The summed E-state index contributed by atoms with van der Waals surface area (Å²) in [5.74, 6) is 2.37. The zero-order chi connectivity index (χ0) is 12.4. The number of nitrogens with zero attached hydrogens (tertiary/aromatic N) is 1. The monoisotopic (exact) mass is 236 g/mol. The molecule has 0 radical (unpaired) electrons. The van der Waals surface area contributed by atoms with Crippen LogP contribution in [0.5, 0.6) is 0 Å². The fraction of sp³-hybridized carbons (Fsp3) is 0.857. The number of rotatable bonds is 4. The maximum absolute atomic E-state index is 11.9. The Kier molecular flexibility index (Phi) is 3.85. The van der Waals surface area contributed by atoms with Crippen LogP contribution >= 0.6 is 0 Å². The van der Waals surface area contributed by atoms with Crippen LogP contribution < -0.4 is 5.43 Å². The highest BCUT2D eigenvalue weighted by atomic mass is 16.2. The molecule has 1 N–H and O–H groups in total. The highest BCUT2D eigenvalue weighted by Crippen LogP contribution is 2.55.